The maximum Gasteiger partial charge on any atom is 0.0935 e. The van der Waals surface area contributed by atoms with E-state index in [9.17, 15) is 5.11 Å². The van der Waals surface area contributed by atoms with Gasteiger partial charge in [0.1, 0.15) is 0 Å². The monoisotopic (exact) mass is 186 g/mol. The fraction of sp³-hybridized carbons (Fsp3) is 0.556. The smallest absolute Gasteiger partial charge is 0.0935 e. The second-order valence-electron chi connectivity index (χ2n) is 2.77. The molecule has 1 aromatic rings. The van der Waals surface area contributed by atoms with E-state index in [0.29, 0.717) is 6.42 Å². The minimum atomic E-state index is -0.227. The number of furan rings is 1. The van der Waals surface area contributed by atoms with Crippen molar-refractivity contribution in [1.82, 2.24) is 0 Å². The molecule has 0 aliphatic rings. The number of rotatable bonds is 5. The molecule has 0 amide bonds. The van der Waals surface area contributed by atoms with E-state index in [4.69, 9.17) is 4.42 Å². The number of thioether (sulfide) groups is 1. The van der Waals surface area contributed by atoms with Crippen molar-refractivity contribution in [3.63, 3.8) is 0 Å². The normalized spacial score (nSPS) is 13.2. The van der Waals surface area contributed by atoms with Crippen molar-refractivity contribution in [2.24, 2.45) is 0 Å². The minimum absolute atomic E-state index is 0.227. The lowest BCUT2D eigenvalue weighted by atomic mass is 10.1. The van der Waals surface area contributed by atoms with Crippen LogP contribution in [0.5, 0.6) is 0 Å². The Morgan fingerprint density at radius 1 is 1.67 bits per heavy atom. The molecule has 1 rings (SSSR count). The number of aliphatic hydroxyl groups excluding tert-OH is 1. The van der Waals surface area contributed by atoms with Crippen molar-refractivity contribution < 1.29 is 9.52 Å². The number of hydrogen-bond donors (Lipinski definition) is 1. The summed E-state index contributed by atoms with van der Waals surface area (Å²) in [4.78, 5) is 0. The van der Waals surface area contributed by atoms with Gasteiger partial charge in [-0.1, -0.05) is 0 Å². The average Bonchev–Trinajstić information content (AvgIpc) is 2.53. The quantitative estimate of drug-likeness (QED) is 0.763. The molecule has 0 aliphatic carbocycles. The molecule has 0 aliphatic heterocycles. The highest BCUT2D eigenvalue weighted by atomic mass is 32.2. The molecule has 0 spiro atoms. The highest BCUT2D eigenvalue weighted by Crippen LogP contribution is 2.08. The van der Waals surface area contributed by atoms with Gasteiger partial charge in [-0.25, -0.2) is 0 Å². The molecule has 0 saturated carbocycles. The highest BCUT2D eigenvalue weighted by molar-refractivity contribution is 7.98. The third-order valence-electron chi connectivity index (χ3n) is 1.71. The molecule has 0 saturated heterocycles. The summed E-state index contributed by atoms with van der Waals surface area (Å²) in [5.41, 5.74) is 1.07. The molecule has 68 valence electrons. The van der Waals surface area contributed by atoms with E-state index in [-0.39, 0.29) is 6.10 Å². The Morgan fingerprint density at radius 2 is 2.50 bits per heavy atom. The average molecular weight is 186 g/mol. The van der Waals surface area contributed by atoms with Gasteiger partial charge in [-0.2, -0.15) is 11.8 Å². The van der Waals surface area contributed by atoms with E-state index in [1.807, 2.05) is 12.3 Å². The topological polar surface area (TPSA) is 33.4 Å². The van der Waals surface area contributed by atoms with Crippen molar-refractivity contribution in [2.45, 2.75) is 18.9 Å². The molecular weight excluding hydrogens is 172 g/mol. The molecule has 2 nitrogen and oxygen atoms in total. The Morgan fingerprint density at radius 3 is 3.08 bits per heavy atom. The zero-order chi connectivity index (χ0) is 8.81. The molecule has 3 heteroatoms. The molecule has 0 bridgehead atoms. The summed E-state index contributed by atoms with van der Waals surface area (Å²) in [5.74, 6) is 1.01. The van der Waals surface area contributed by atoms with Crippen LogP contribution in [-0.2, 0) is 6.42 Å². The molecule has 1 N–H and O–H groups in total. The van der Waals surface area contributed by atoms with Gasteiger partial charge in [-0.05, 0) is 30.1 Å². The van der Waals surface area contributed by atoms with Crippen molar-refractivity contribution in [2.75, 3.05) is 12.0 Å². The Kier molecular flexibility index (Phi) is 4.25. The van der Waals surface area contributed by atoms with Crippen LogP contribution >= 0.6 is 11.8 Å². The SMILES string of the molecule is CSCCC(O)Cc1ccoc1. The Hall–Kier alpha value is -0.410. The predicted molar refractivity (Wildman–Crippen MR) is 51.4 cm³/mol. The van der Waals surface area contributed by atoms with Gasteiger partial charge in [0.15, 0.2) is 0 Å². The molecule has 0 fully saturated rings. The van der Waals surface area contributed by atoms with Crippen LogP contribution in [0.1, 0.15) is 12.0 Å². The fourth-order valence-corrected chi connectivity index (χ4v) is 1.54. The van der Waals surface area contributed by atoms with Crippen LogP contribution in [0.4, 0.5) is 0 Å². The summed E-state index contributed by atoms with van der Waals surface area (Å²) >= 11 is 1.76. The summed E-state index contributed by atoms with van der Waals surface area (Å²) in [6, 6.07) is 1.89. The molecule has 0 aromatic carbocycles. The maximum atomic E-state index is 9.50. The van der Waals surface area contributed by atoms with Crippen molar-refractivity contribution in [3.05, 3.63) is 24.2 Å². The number of aliphatic hydroxyl groups is 1. The molecular formula is C9H14O2S. The predicted octanol–water partition coefficient (Wildman–Crippen LogP) is 1.94. The maximum absolute atomic E-state index is 9.50. The van der Waals surface area contributed by atoms with Crippen LogP contribution in [0.25, 0.3) is 0 Å². The largest absolute Gasteiger partial charge is 0.472 e. The first kappa shape index (κ1) is 9.68. The van der Waals surface area contributed by atoms with Crippen LogP contribution in [0.15, 0.2) is 23.0 Å². The summed E-state index contributed by atoms with van der Waals surface area (Å²) in [5, 5.41) is 9.50. The van der Waals surface area contributed by atoms with Crippen molar-refractivity contribution in [3.8, 4) is 0 Å². The Labute approximate surface area is 77.0 Å². The molecule has 12 heavy (non-hydrogen) atoms. The summed E-state index contributed by atoms with van der Waals surface area (Å²) in [6.45, 7) is 0. The lowest BCUT2D eigenvalue weighted by Gasteiger charge is -2.06. The molecule has 1 aromatic heterocycles. The highest BCUT2D eigenvalue weighted by Gasteiger charge is 2.05. The van der Waals surface area contributed by atoms with Crippen molar-refractivity contribution >= 4 is 11.8 Å². The zero-order valence-corrected chi connectivity index (χ0v) is 8.01. The first-order valence-corrected chi connectivity index (χ1v) is 5.40. The summed E-state index contributed by atoms with van der Waals surface area (Å²) < 4.78 is 4.90. The van der Waals surface area contributed by atoms with Gasteiger partial charge < -0.3 is 9.52 Å². The van der Waals surface area contributed by atoms with E-state index in [2.05, 4.69) is 0 Å². The van der Waals surface area contributed by atoms with E-state index < -0.39 is 0 Å². The Bertz CT molecular complexity index is 196. The van der Waals surface area contributed by atoms with Gasteiger partial charge in [-0.15, -0.1) is 0 Å². The molecule has 1 unspecified atom stereocenters. The van der Waals surface area contributed by atoms with Crippen LogP contribution in [0.2, 0.25) is 0 Å². The van der Waals surface area contributed by atoms with Crippen LogP contribution in [0.3, 0.4) is 0 Å². The minimum Gasteiger partial charge on any atom is -0.472 e. The van der Waals surface area contributed by atoms with Crippen LogP contribution < -0.4 is 0 Å². The third kappa shape index (κ3) is 3.32. The van der Waals surface area contributed by atoms with Gasteiger partial charge in [0.05, 0.1) is 18.6 Å². The van der Waals surface area contributed by atoms with Crippen LogP contribution in [0, 0.1) is 0 Å². The van der Waals surface area contributed by atoms with E-state index in [1.54, 1.807) is 24.3 Å². The lowest BCUT2D eigenvalue weighted by Crippen LogP contribution is -2.10. The van der Waals surface area contributed by atoms with Gasteiger partial charge in [-0.3, -0.25) is 0 Å². The summed E-state index contributed by atoms with van der Waals surface area (Å²) in [7, 11) is 0. The fourth-order valence-electron chi connectivity index (χ4n) is 1.04. The second kappa shape index (κ2) is 5.27. The third-order valence-corrected chi connectivity index (χ3v) is 2.35. The molecule has 0 radical (unpaired) electrons. The standard InChI is InChI=1S/C9H14O2S/c1-12-5-3-9(10)6-8-2-4-11-7-8/h2,4,7,9-10H,3,5-6H2,1H3. The van der Waals surface area contributed by atoms with Gasteiger partial charge in [0.25, 0.3) is 0 Å². The Balaban J connectivity index is 2.22. The van der Waals surface area contributed by atoms with Crippen molar-refractivity contribution in [1.29, 1.82) is 0 Å². The van der Waals surface area contributed by atoms with Gasteiger partial charge in [0, 0.05) is 6.42 Å². The number of hydrogen-bond acceptors (Lipinski definition) is 3. The molecule has 1 atom stereocenters. The van der Waals surface area contributed by atoms with Gasteiger partial charge in [0.2, 0.25) is 0 Å². The second-order valence-corrected chi connectivity index (χ2v) is 3.76. The van der Waals surface area contributed by atoms with E-state index >= 15 is 0 Å². The molecule has 1 heterocycles. The lowest BCUT2D eigenvalue weighted by molar-refractivity contribution is 0.172. The zero-order valence-electron chi connectivity index (χ0n) is 7.19. The first-order chi connectivity index (χ1) is 5.83. The van der Waals surface area contributed by atoms with Crippen LogP contribution in [-0.4, -0.2) is 23.2 Å². The van der Waals surface area contributed by atoms with Gasteiger partial charge >= 0.3 is 0 Å². The first-order valence-electron chi connectivity index (χ1n) is 4.01. The van der Waals surface area contributed by atoms with E-state index in [0.717, 1.165) is 17.7 Å². The van der Waals surface area contributed by atoms with E-state index in [1.165, 1.54) is 0 Å². The summed E-state index contributed by atoms with van der Waals surface area (Å²) in [6.07, 6.45) is 6.70.